The van der Waals surface area contributed by atoms with Crippen LogP contribution in [0, 0.1) is 5.41 Å². The summed E-state index contributed by atoms with van der Waals surface area (Å²) in [7, 11) is 1.38. The summed E-state index contributed by atoms with van der Waals surface area (Å²) in [6.07, 6.45) is 1.36. The molecule has 0 aromatic heterocycles. The van der Waals surface area contributed by atoms with E-state index in [1.54, 1.807) is 0 Å². The van der Waals surface area contributed by atoms with Gasteiger partial charge in [-0.2, -0.15) is 0 Å². The Hall–Kier alpha value is -1.30. The first-order valence-electron chi connectivity index (χ1n) is 6.83. The van der Waals surface area contributed by atoms with E-state index in [0.29, 0.717) is 19.6 Å². The molecule has 2 aliphatic heterocycles. The Morgan fingerprint density at radius 1 is 1.25 bits per heavy atom. The molecular weight excluding hydrogens is 262 g/mol. The molecule has 3 aliphatic rings. The normalized spacial score (nSPS) is 32.0. The highest BCUT2D eigenvalue weighted by Gasteiger charge is 2.60. The fourth-order valence-corrected chi connectivity index (χ4v) is 3.25. The summed E-state index contributed by atoms with van der Waals surface area (Å²) >= 11 is 0. The molecule has 1 saturated carbocycles. The Labute approximate surface area is 119 Å². The molecule has 3 rings (SSSR count). The largest absolute Gasteiger partial charge is 0.469 e. The predicted octanol–water partition coefficient (Wildman–Crippen LogP) is 1.62. The number of esters is 1. The van der Waals surface area contributed by atoms with Crippen LogP contribution in [-0.2, 0) is 19.0 Å². The van der Waals surface area contributed by atoms with Gasteiger partial charge in [-0.05, 0) is 33.6 Å². The molecule has 0 spiro atoms. The second kappa shape index (κ2) is 4.91. The van der Waals surface area contributed by atoms with Gasteiger partial charge in [-0.1, -0.05) is 0 Å². The van der Waals surface area contributed by atoms with Crippen LogP contribution in [0.4, 0.5) is 4.79 Å². The predicted molar refractivity (Wildman–Crippen MR) is 71.2 cm³/mol. The van der Waals surface area contributed by atoms with Crippen LogP contribution in [0.3, 0.4) is 0 Å². The summed E-state index contributed by atoms with van der Waals surface area (Å²) in [6, 6.07) is 0. The highest BCUT2D eigenvalue weighted by molar-refractivity contribution is 5.72. The number of hydrogen-bond acceptors (Lipinski definition) is 5. The minimum absolute atomic E-state index is 0.194. The lowest BCUT2D eigenvalue weighted by Crippen LogP contribution is -2.69. The number of fused-ring (bicyclic) bond motifs is 2. The van der Waals surface area contributed by atoms with E-state index in [1.165, 1.54) is 7.11 Å². The van der Waals surface area contributed by atoms with Gasteiger partial charge in [0.2, 0.25) is 0 Å². The van der Waals surface area contributed by atoms with Gasteiger partial charge in [-0.3, -0.25) is 4.79 Å². The molecule has 20 heavy (non-hydrogen) atoms. The van der Waals surface area contributed by atoms with Crippen LogP contribution in [0.5, 0.6) is 0 Å². The number of hydrogen-bond donors (Lipinski definition) is 1. The van der Waals surface area contributed by atoms with Crippen LogP contribution in [-0.4, -0.2) is 43.5 Å². The van der Waals surface area contributed by atoms with E-state index in [9.17, 15) is 9.59 Å². The fourth-order valence-electron chi connectivity index (χ4n) is 3.25. The molecular formula is C14H23NO5. The van der Waals surface area contributed by atoms with E-state index < -0.39 is 17.2 Å². The number of alkyl carbamates (subject to hydrolysis) is 1. The van der Waals surface area contributed by atoms with E-state index in [4.69, 9.17) is 14.2 Å². The molecule has 6 nitrogen and oxygen atoms in total. The second-order valence-electron chi connectivity index (χ2n) is 7.01. The zero-order chi connectivity index (χ0) is 15.0. The molecule has 0 unspecified atom stereocenters. The van der Waals surface area contributed by atoms with Crippen LogP contribution < -0.4 is 5.32 Å². The van der Waals surface area contributed by atoms with Crippen LogP contribution >= 0.6 is 0 Å². The quantitative estimate of drug-likeness (QED) is 0.798. The van der Waals surface area contributed by atoms with Crippen molar-refractivity contribution >= 4 is 12.1 Å². The van der Waals surface area contributed by atoms with Gasteiger partial charge in [-0.25, -0.2) is 4.79 Å². The number of methoxy groups -OCH3 is 1. The van der Waals surface area contributed by atoms with Crippen molar-refractivity contribution in [2.45, 2.75) is 51.2 Å². The van der Waals surface area contributed by atoms with Gasteiger partial charge in [0, 0.05) is 5.41 Å². The Morgan fingerprint density at radius 3 is 2.45 bits per heavy atom. The van der Waals surface area contributed by atoms with Crippen molar-refractivity contribution in [2.24, 2.45) is 5.41 Å². The molecule has 1 N–H and O–H groups in total. The highest BCUT2D eigenvalue weighted by atomic mass is 16.6. The first-order valence-corrected chi connectivity index (χ1v) is 6.83. The summed E-state index contributed by atoms with van der Waals surface area (Å²) in [4.78, 5) is 23.3. The number of amides is 1. The molecule has 2 saturated heterocycles. The van der Waals surface area contributed by atoms with Gasteiger partial charge in [-0.15, -0.1) is 0 Å². The molecule has 2 bridgehead atoms. The minimum atomic E-state index is -0.525. The molecule has 6 heteroatoms. The van der Waals surface area contributed by atoms with Crippen molar-refractivity contribution in [3.63, 3.8) is 0 Å². The highest BCUT2D eigenvalue weighted by Crippen LogP contribution is 2.54. The van der Waals surface area contributed by atoms with E-state index in [1.807, 2.05) is 20.8 Å². The molecule has 0 atom stereocenters. The van der Waals surface area contributed by atoms with Crippen molar-refractivity contribution in [3.8, 4) is 0 Å². The number of carbonyl (C=O) groups excluding carboxylic acids is 2. The van der Waals surface area contributed by atoms with Gasteiger partial charge >= 0.3 is 12.1 Å². The Bertz CT molecular complexity index is 406. The number of nitrogens with one attached hydrogen (secondary N) is 1. The molecule has 0 aromatic carbocycles. The fraction of sp³-hybridized carbons (Fsp3) is 0.857. The summed E-state index contributed by atoms with van der Waals surface area (Å²) in [5, 5.41) is 2.90. The average Bonchev–Trinajstić information content (AvgIpc) is 2.24. The zero-order valence-corrected chi connectivity index (χ0v) is 12.6. The molecule has 0 radical (unpaired) electrons. The summed E-state index contributed by atoms with van der Waals surface area (Å²) in [5.41, 5.74) is -1.11. The molecule has 1 aliphatic carbocycles. The van der Waals surface area contributed by atoms with E-state index in [-0.39, 0.29) is 11.4 Å². The Kier molecular flexibility index (Phi) is 3.71. The third-order valence-electron chi connectivity index (χ3n) is 3.73. The number of ether oxygens (including phenoxy) is 3. The van der Waals surface area contributed by atoms with Crippen molar-refractivity contribution < 1.29 is 23.8 Å². The molecule has 0 aromatic rings. The summed E-state index contributed by atoms with van der Waals surface area (Å²) in [5.74, 6) is -0.235. The summed E-state index contributed by atoms with van der Waals surface area (Å²) < 4.78 is 15.5. The monoisotopic (exact) mass is 285 g/mol. The maximum absolute atomic E-state index is 11.9. The minimum Gasteiger partial charge on any atom is -0.469 e. The molecule has 1 amide bonds. The third kappa shape index (κ3) is 3.23. The SMILES string of the molecule is COC(=O)CC12COCC(NC(=O)OC(C)(C)C)(C1)C2. The van der Waals surface area contributed by atoms with Gasteiger partial charge in [0.05, 0.1) is 32.3 Å². The van der Waals surface area contributed by atoms with Crippen molar-refractivity contribution in [1.82, 2.24) is 5.32 Å². The van der Waals surface area contributed by atoms with Gasteiger partial charge < -0.3 is 19.5 Å². The van der Waals surface area contributed by atoms with Crippen molar-refractivity contribution in [3.05, 3.63) is 0 Å². The number of carbonyl (C=O) groups is 2. The van der Waals surface area contributed by atoms with E-state index in [0.717, 1.165) is 12.8 Å². The van der Waals surface area contributed by atoms with Gasteiger partial charge in [0.1, 0.15) is 5.60 Å². The number of rotatable bonds is 3. The Morgan fingerprint density at radius 2 is 1.90 bits per heavy atom. The maximum atomic E-state index is 11.9. The van der Waals surface area contributed by atoms with Crippen LogP contribution in [0.2, 0.25) is 0 Å². The molecule has 2 heterocycles. The standard InChI is InChI=1S/C14H23NO5/c1-12(2,3)20-11(17)15-14-6-13(7-14,8-19-9-14)5-10(16)18-4/h5-9H2,1-4H3,(H,15,17). The summed E-state index contributed by atoms with van der Waals surface area (Å²) in [6.45, 7) is 6.48. The third-order valence-corrected chi connectivity index (χ3v) is 3.73. The Balaban J connectivity index is 1.91. The smallest absolute Gasteiger partial charge is 0.408 e. The van der Waals surface area contributed by atoms with Gasteiger partial charge in [0.15, 0.2) is 0 Å². The van der Waals surface area contributed by atoms with Crippen molar-refractivity contribution in [1.29, 1.82) is 0 Å². The second-order valence-corrected chi connectivity index (χ2v) is 7.01. The van der Waals surface area contributed by atoms with Crippen LogP contribution in [0.25, 0.3) is 0 Å². The average molecular weight is 285 g/mol. The van der Waals surface area contributed by atoms with Crippen LogP contribution in [0.15, 0.2) is 0 Å². The lowest BCUT2D eigenvalue weighted by molar-refractivity contribution is -0.176. The van der Waals surface area contributed by atoms with Crippen molar-refractivity contribution in [2.75, 3.05) is 20.3 Å². The molecule has 3 fully saturated rings. The zero-order valence-electron chi connectivity index (χ0n) is 12.6. The van der Waals surface area contributed by atoms with Gasteiger partial charge in [0.25, 0.3) is 0 Å². The van der Waals surface area contributed by atoms with E-state index in [2.05, 4.69) is 5.32 Å². The molecule has 114 valence electrons. The topological polar surface area (TPSA) is 73.9 Å². The maximum Gasteiger partial charge on any atom is 0.408 e. The first kappa shape index (κ1) is 15.1. The van der Waals surface area contributed by atoms with Crippen LogP contribution in [0.1, 0.15) is 40.0 Å². The van der Waals surface area contributed by atoms with E-state index >= 15 is 0 Å². The lowest BCUT2D eigenvalue weighted by Gasteiger charge is -2.59. The first-order chi connectivity index (χ1) is 9.18. The lowest BCUT2D eigenvalue weighted by atomic mass is 9.55.